The molecule has 22 rings (SSSR count). The Morgan fingerprint density at radius 1 is 0.152 bits per heavy atom. The van der Waals surface area contributed by atoms with Crippen molar-refractivity contribution in [3.63, 3.8) is 0 Å². The summed E-state index contributed by atoms with van der Waals surface area (Å²) in [7, 11) is 0. The van der Waals surface area contributed by atoms with Crippen molar-refractivity contribution >= 4 is 0 Å². The van der Waals surface area contributed by atoms with Crippen LogP contribution in [0.1, 0.15) is 44.5 Å². The molecule has 1 atom stereocenters. The monoisotopic (exact) mass is 1430 g/mol. The van der Waals surface area contributed by atoms with E-state index in [0.29, 0.717) is 11.6 Å². The smallest absolute Gasteiger partial charge is 0.160 e. The highest BCUT2D eigenvalue weighted by Gasteiger charge is 2.53. The number of para-hydroxylation sites is 2. The molecule has 0 saturated carbocycles. The Morgan fingerprint density at radius 3 is 0.982 bits per heavy atom. The van der Waals surface area contributed by atoms with Crippen molar-refractivity contribution in [2.75, 3.05) is 0 Å². The lowest BCUT2D eigenvalue weighted by Crippen LogP contribution is -2.32. The Labute approximate surface area is 649 Å². The molecule has 112 heavy (non-hydrogen) atoms. The maximum absolute atomic E-state index is 7.05. The third-order valence-electron chi connectivity index (χ3n) is 23.3. The Balaban J connectivity index is 0.643. The fraction of sp³-hybridized carbons (Fsp3) is 0.0189. The maximum Gasteiger partial charge on any atom is 0.160 e. The quantitative estimate of drug-likeness (QED) is 0.129. The average molecular weight is 1430 g/mol. The molecule has 0 N–H and O–H groups in total. The van der Waals surface area contributed by atoms with E-state index in [2.05, 4.69) is 394 Å². The molecule has 1 unspecified atom stereocenters. The first-order valence-corrected chi connectivity index (χ1v) is 38.2. The van der Waals surface area contributed by atoms with Gasteiger partial charge in [0.1, 0.15) is 23.0 Å². The lowest BCUT2D eigenvalue weighted by Gasteiger charge is -2.39. The standard InChI is InChI=1S/C106H66N4O2/c1-4-25-67(26-5-1)72-31-22-34-78(59-72)97-65-95(107-103(109-97)79-35-23-32-73(60-79)76-54-57-101-93(63-76)105(90-45-18-20-47-99(90)111-101)87-42-15-12-38-82(87)83-39-13-16-43-88(83)105)71-51-49-68(50-52-71)75-53-56-85-84-40-14-17-44-89(84)106(92(85)62-75)91-46-19-21-48-100(91)112-102-58-55-77(64-94(102)106)74-33-24-36-80(61-74)104-108-96(70-29-8-3-9-30-70)66-98(110-104)86-41-11-10-37-81(86)69-27-6-2-7-28-69/h1-66H. The normalized spacial score (nSPS) is 14.0. The van der Waals surface area contributed by atoms with Gasteiger partial charge in [-0.15, -0.1) is 0 Å². The first kappa shape index (κ1) is 64.5. The predicted molar refractivity (Wildman–Crippen MR) is 452 cm³/mol. The third kappa shape index (κ3) is 10.3. The molecule has 2 aliphatic carbocycles. The second kappa shape index (κ2) is 26.0. The molecule has 16 aromatic carbocycles. The van der Waals surface area contributed by atoms with E-state index in [1.807, 2.05) is 6.07 Å². The second-order valence-corrected chi connectivity index (χ2v) is 29.4. The fourth-order valence-electron chi connectivity index (χ4n) is 18.2. The van der Waals surface area contributed by atoms with Crippen LogP contribution in [0.4, 0.5) is 0 Å². The van der Waals surface area contributed by atoms with Gasteiger partial charge in [0.25, 0.3) is 0 Å². The Hall–Kier alpha value is -14.7. The number of fused-ring (bicyclic) bond motifs is 18. The summed E-state index contributed by atoms with van der Waals surface area (Å²) in [6.07, 6.45) is 0. The zero-order valence-electron chi connectivity index (χ0n) is 60.7. The minimum absolute atomic E-state index is 0.598. The lowest BCUT2D eigenvalue weighted by atomic mass is 9.65. The number of aromatic nitrogens is 4. The zero-order chi connectivity index (χ0) is 73.9. The van der Waals surface area contributed by atoms with Crippen LogP contribution in [-0.2, 0) is 10.8 Å². The Morgan fingerprint density at radius 2 is 0.446 bits per heavy atom. The van der Waals surface area contributed by atoms with Crippen LogP contribution in [0.3, 0.4) is 0 Å². The summed E-state index contributed by atoms with van der Waals surface area (Å²) < 4.78 is 13.9. The summed E-state index contributed by atoms with van der Waals surface area (Å²) in [5.41, 5.74) is 32.9. The van der Waals surface area contributed by atoms with Crippen LogP contribution in [0, 0.1) is 0 Å². The predicted octanol–water partition coefficient (Wildman–Crippen LogP) is 26.5. The van der Waals surface area contributed by atoms with Crippen molar-refractivity contribution in [1.82, 2.24) is 19.9 Å². The van der Waals surface area contributed by atoms with Crippen LogP contribution in [0.5, 0.6) is 23.0 Å². The molecule has 0 bridgehead atoms. The Kier molecular flexibility index (Phi) is 15.0. The SMILES string of the molecule is c1ccc(-c2cccc(-c3cc(-c4ccc(-c5ccc6c(c5)C5(c7ccccc7Oc7ccc(-c8cccc(-c9nc(-c%10ccccc%10)cc(-c%10ccccc%10-c%10ccccc%10)n9)c8)cc75)c5ccccc5-6)cc4)nc(-c4cccc(-c5ccc6c(c5)C5(c7ccccc7O6)c6ccccc6-c6ccccc65)c4)n3)c2)cc1. The van der Waals surface area contributed by atoms with Crippen LogP contribution in [0.15, 0.2) is 400 Å². The third-order valence-corrected chi connectivity index (χ3v) is 23.3. The molecular weight excluding hydrogens is 1360 g/mol. The van der Waals surface area contributed by atoms with Gasteiger partial charge in [-0.3, -0.25) is 0 Å². The molecule has 0 saturated heterocycles. The van der Waals surface area contributed by atoms with Crippen LogP contribution < -0.4 is 9.47 Å². The number of nitrogens with zero attached hydrogens (tertiary/aromatic N) is 4. The summed E-state index contributed by atoms with van der Waals surface area (Å²) in [6.45, 7) is 0. The van der Waals surface area contributed by atoms with Crippen LogP contribution >= 0.6 is 0 Å². The number of rotatable bonds is 11. The molecule has 6 nitrogen and oxygen atoms in total. The summed E-state index contributed by atoms with van der Waals surface area (Å²) in [6, 6.07) is 144. The summed E-state index contributed by atoms with van der Waals surface area (Å²) in [4.78, 5) is 21.8. The van der Waals surface area contributed by atoms with Crippen LogP contribution in [0.25, 0.3) is 146 Å². The molecule has 522 valence electrons. The van der Waals surface area contributed by atoms with Gasteiger partial charge in [-0.05, 0) is 173 Å². The van der Waals surface area contributed by atoms with Crippen molar-refractivity contribution in [3.8, 4) is 169 Å². The molecule has 2 aromatic heterocycles. The summed E-state index contributed by atoms with van der Waals surface area (Å²) in [5.74, 6) is 4.64. The number of hydrogen-bond acceptors (Lipinski definition) is 6. The van der Waals surface area contributed by atoms with E-state index in [1.54, 1.807) is 0 Å². The minimum atomic E-state index is -0.756. The van der Waals surface area contributed by atoms with E-state index in [4.69, 9.17) is 29.4 Å². The fourth-order valence-corrected chi connectivity index (χ4v) is 18.2. The van der Waals surface area contributed by atoms with Gasteiger partial charge in [0, 0.05) is 55.6 Å². The van der Waals surface area contributed by atoms with E-state index < -0.39 is 10.8 Å². The second-order valence-electron chi connectivity index (χ2n) is 29.4. The van der Waals surface area contributed by atoms with E-state index in [9.17, 15) is 0 Å². The topological polar surface area (TPSA) is 70.0 Å². The first-order valence-electron chi connectivity index (χ1n) is 38.2. The van der Waals surface area contributed by atoms with Crippen LogP contribution in [-0.4, -0.2) is 19.9 Å². The Bertz CT molecular complexity index is 6790. The molecule has 0 fully saturated rings. The van der Waals surface area contributed by atoms with Crippen molar-refractivity contribution in [2.24, 2.45) is 0 Å². The van der Waals surface area contributed by atoms with Gasteiger partial charge < -0.3 is 9.47 Å². The zero-order valence-corrected chi connectivity index (χ0v) is 60.7. The summed E-state index contributed by atoms with van der Waals surface area (Å²) >= 11 is 0. The van der Waals surface area contributed by atoms with Gasteiger partial charge in [-0.25, -0.2) is 19.9 Å². The van der Waals surface area contributed by atoms with Gasteiger partial charge in [-0.1, -0.05) is 328 Å². The van der Waals surface area contributed by atoms with Crippen LogP contribution in [0.2, 0.25) is 0 Å². The first-order chi connectivity index (χ1) is 55.5. The molecule has 0 radical (unpaired) electrons. The van der Waals surface area contributed by atoms with E-state index in [-0.39, 0.29) is 0 Å². The van der Waals surface area contributed by atoms with Gasteiger partial charge >= 0.3 is 0 Å². The van der Waals surface area contributed by atoms with Gasteiger partial charge in [0.15, 0.2) is 11.6 Å². The highest BCUT2D eigenvalue weighted by molar-refractivity contribution is 5.94. The molecule has 4 heterocycles. The number of benzene rings is 16. The van der Waals surface area contributed by atoms with Gasteiger partial charge in [0.05, 0.1) is 33.6 Å². The lowest BCUT2D eigenvalue weighted by molar-refractivity contribution is 0.436. The highest BCUT2D eigenvalue weighted by Crippen LogP contribution is 2.65. The molecular formula is C106H66N4O2. The van der Waals surface area contributed by atoms with Crippen molar-refractivity contribution in [3.05, 3.63) is 445 Å². The van der Waals surface area contributed by atoms with E-state index >= 15 is 0 Å². The molecule has 6 heteroatoms. The van der Waals surface area contributed by atoms with Gasteiger partial charge in [0.2, 0.25) is 0 Å². The highest BCUT2D eigenvalue weighted by atomic mass is 16.5. The molecule has 4 aliphatic rings. The molecule has 2 spiro atoms. The van der Waals surface area contributed by atoms with Crippen molar-refractivity contribution < 1.29 is 9.47 Å². The van der Waals surface area contributed by atoms with Gasteiger partial charge in [-0.2, -0.15) is 0 Å². The number of ether oxygens (including phenoxy) is 2. The summed E-state index contributed by atoms with van der Waals surface area (Å²) in [5, 5.41) is 0. The maximum atomic E-state index is 7.05. The van der Waals surface area contributed by atoms with E-state index in [0.717, 1.165) is 157 Å². The van der Waals surface area contributed by atoms with Crippen molar-refractivity contribution in [2.45, 2.75) is 10.8 Å². The largest absolute Gasteiger partial charge is 0.457 e. The minimum Gasteiger partial charge on any atom is -0.457 e. The number of hydrogen-bond donors (Lipinski definition) is 0. The molecule has 2 aliphatic heterocycles. The molecule has 0 amide bonds. The van der Waals surface area contributed by atoms with Crippen molar-refractivity contribution in [1.29, 1.82) is 0 Å². The average Bonchev–Trinajstić information content (AvgIpc) is 1.51. The molecule has 18 aromatic rings. The van der Waals surface area contributed by atoms with E-state index in [1.165, 1.54) is 44.5 Å².